The first-order valence-electron chi connectivity index (χ1n) is 9.38. The molecule has 1 fully saturated rings. The number of carbonyl (C=O) groups excluding carboxylic acids is 1. The van der Waals surface area contributed by atoms with Gasteiger partial charge in [-0.1, -0.05) is 24.3 Å². The first-order chi connectivity index (χ1) is 14.1. The van der Waals surface area contributed by atoms with Gasteiger partial charge >= 0.3 is 0 Å². The first-order valence-corrected chi connectivity index (χ1v) is 9.38. The van der Waals surface area contributed by atoms with Crippen molar-refractivity contribution in [1.29, 1.82) is 0 Å². The Balaban J connectivity index is 1.38. The van der Waals surface area contributed by atoms with Crippen molar-refractivity contribution >= 4 is 23.0 Å². The van der Waals surface area contributed by atoms with Crippen molar-refractivity contribution in [3.63, 3.8) is 0 Å². The van der Waals surface area contributed by atoms with E-state index in [-0.39, 0.29) is 17.5 Å². The molecule has 0 saturated carbocycles. The maximum Gasteiger partial charge on any atom is 0.272 e. The Kier molecular flexibility index (Phi) is 5.37. The van der Waals surface area contributed by atoms with Gasteiger partial charge < -0.3 is 15.1 Å². The molecule has 148 valence electrons. The van der Waals surface area contributed by atoms with Gasteiger partial charge in [0.25, 0.3) is 5.91 Å². The van der Waals surface area contributed by atoms with Gasteiger partial charge in [-0.3, -0.25) is 4.79 Å². The monoisotopic (exact) mass is 394 g/mol. The number of rotatable bonds is 4. The summed E-state index contributed by atoms with van der Waals surface area (Å²) in [6, 6.07) is 16.3. The average Bonchev–Trinajstić information content (AvgIpc) is 2.76. The van der Waals surface area contributed by atoms with Gasteiger partial charge in [-0.05, 0) is 36.4 Å². The minimum atomic E-state index is -0.361. The lowest BCUT2D eigenvalue weighted by atomic mass is 10.2. The van der Waals surface area contributed by atoms with Crippen LogP contribution in [0.25, 0.3) is 0 Å². The number of aromatic nitrogens is 1. The molecule has 0 atom stereocenters. The van der Waals surface area contributed by atoms with Crippen LogP contribution in [0, 0.1) is 11.6 Å². The summed E-state index contributed by atoms with van der Waals surface area (Å²) < 4.78 is 27.7. The van der Waals surface area contributed by atoms with Gasteiger partial charge in [-0.25, -0.2) is 13.8 Å². The topological polar surface area (TPSA) is 48.5 Å². The summed E-state index contributed by atoms with van der Waals surface area (Å²) in [6.07, 6.45) is 1.51. The number of nitrogens with one attached hydrogen (secondary N) is 1. The minimum absolute atomic E-state index is 0.171. The number of hydrogen-bond acceptors (Lipinski definition) is 4. The lowest BCUT2D eigenvalue weighted by Gasteiger charge is -2.36. The van der Waals surface area contributed by atoms with E-state index in [0.29, 0.717) is 48.9 Å². The maximum atomic E-state index is 14.0. The molecule has 1 aliphatic rings. The van der Waals surface area contributed by atoms with Gasteiger partial charge in [-0.15, -0.1) is 0 Å². The fourth-order valence-electron chi connectivity index (χ4n) is 3.33. The number of anilines is 3. The third-order valence-electron chi connectivity index (χ3n) is 4.90. The summed E-state index contributed by atoms with van der Waals surface area (Å²) in [4.78, 5) is 20.6. The van der Waals surface area contributed by atoms with Crippen molar-refractivity contribution in [1.82, 2.24) is 9.88 Å². The molecule has 3 aromatic rings. The Morgan fingerprint density at radius 3 is 2.21 bits per heavy atom. The Morgan fingerprint density at radius 1 is 0.862 bits per heavy atom. The highest BCUT2D eigenvalue weighted by Crippen LogP contribution is 2.22. The highest BCUT2D eigenvalue weighted by molar-refractivity contribution is 5.92. The highest BCUT2D eigenvalue weighted by Gasteiger charge is 2.24. The van der Waals surface area contributed by atoms with Crippen molar-refractivity contribution < 1.29 is 13.6 Å². The molecule has 2 heterocycles. The van der Waals surface area contributed by atoms with Crippen LogP contribution < -0.4 is 10.2 Å². The number of benzene rings is 2. The van der Waals surface area contributed by atoms with Gasteiger partial charge in [0.05, 0.1) is 23.3 Å². The number of halogens is 2. The van der Waals surface area contributed by atoms with Gasteiger partial charge in [0, 0.05) is 26.2 Å². The molecule has 5 nitrogen and oxygen atoms in total. The number of hydrogen-bond donors (Lipinski definition) is 1. The standard InChI is InChI=1S/C22H20F2N4O/c23-17-5-1-3-7-19(17)26-16-9-10-20(25-15-16)22(29)28-13-11-27(12-14-28)21-8-4-2-6-18(21)24/h1-10,15,26H,11-14H2. The second-order valence-electron chi connectivity index (χ2n) is 6.77. The molecule has 0 unspecified atom stereocenters. The second-order valence-corrected chi connectivity index (χ2v) is 6.77. The Bertz CT molecular complexity index is 1000. The van der Waals surface area contributed by atoms with Crippen LogP contribution in [-0.4, -0.2) is 42.0 Å². The van der Waals surface area contributed by atoms with Crippen LogP contribution in [-0.2, 0) is 0 Å². The number of para-hydroxylation sites is 2. The number of pyridine rings is 1. The Morgan fingerprint density at radius 2 is 1.55 bits per heavy atom. The zero-order chi connectivity index (χ0) is 20.2. The molecule has 1 amide bonds. The van der Waals surface area contributed by atoms with E-state index in [1.807, 2.05) is 4.90 Å². The van der Waals surface area contributed by atoms with Crippen molar-refractivity contribution in [2.24, 2.45) is 0 Å². The molecule has 2 aromatic carbocycles. The van der Waals surface area contributed by atoms with Crippen molar-refractivity contribution in [2.45, 2.75) is 0 Å². The Labute approximate surface area is 167 Å². The van der Waals surface area contributed by atoms with Gasteiger partial charge in [-0.2, -0.15) is 0 Å². The third kappa shape index (κ3) is 4.18. The minimum Gasteiger partial charge on any atom is -0.366 e. The van der Waals surface area contributed by atoms with Crippen LogP contribution in [0.2, 0.25) is 0 Å². The molecule has 29 heavy (non-hydrogen) atoms. The van der Waals surface area contributed by atoms with E-state index < -0.39 is 0 Å². The van der Waals surface area contributed by atoms with E-state index in [1.165, 1.54) is 18.3 Å². The van der Waals surface area contributed by atoms with E-state index in [9.17, 15) is 13.6 Å². The van der Waals surface area contributed by atoms with E-state index in [4.69, 9.17) is 0 Å². The summed E-state index contributed by atoms with van der Waals surface area (Å²) in [5, 5.41) is 2.94. The summed E-state index contributed by atoms with van der Waals surface area (Å²) >= 11 is 0. The maximum absolute atomic E-state index is 14.0. The van der Waals surface area contributed by atoms with Crippen LogP contribution in [0.4, 0.5) is 25.8 Å². The number of nitrogens with zero attached hydrogens (tertiary/aromatic N) is 3. The largest absolute Gasteiger partial charge is 0.366 e. The lowest BCUT2D eigenvalue weighted by Crippen LogP contribution is -2.49. The average molecular weight is 394 g/mol. The zero-order valence-corrected chi connectivity index (χ0v) is 15.7. The summed E-state index contributed by atoms with van der Waals surface area (Å²) in [5.41, 5.74) is 1.82. The van der Waals surface area contributed by atoms with Gasteiger partial charge in [0.2, 0.25) is 0 Å². The summed E-state index contributed by atoms with van der Waals surface area (Å²) in [7, 11) is 0. The smallest absolute Gasteiger partial charge is 0.272 e. The fourth-order valence-corrected chi connectivity index (χ4v) is 3.33. The molecule has 4 rings (SSSR count). The van der Waals surface area contributed by atoms with Crippen molar-refractivity contribution in [2.75, 3.05) is 36.4 Å². The lowest BCUT2D eigenvalue weighted by molar-refractivity contribution is 0.0741. The van der Waals surface area contributed by atoms with Crippen LogP contribution in [0.3, 0.4) is 0 Å². The van der Waals surface area contributed by atoms with E-state index in [1.54, 1.807) is 53.4 Å². The molecule has 7 heteroatoms. The van der Waals surface area contributed by atoms with Gasteiger partial charge in [0.1, 0.15) is 17.3 Å². The number of piperazine rings is 1. The normalized spacial score (nSPS) is 14.0. The van der Waals surface area contributed by atoms with Crippen LogP contribution in [0.5, 0.6) is 0 Å². The number of carbonyl (C=O) groups is 1. The van der Waals surface area contributed by atoms with E-state index in [2.05, 4.69) is 10.3 Å². The zero-order valence-electron chi connectivity index (χ0n) is 15.7. The molecular weight excluding hydrogens is 374 g/mol. The van der Waals surface area contributed by atoms with Crippen molar-refractivity contribution in [3.05, 3.63) is 84.2 Å². The molecule has 0 radical (unpaired) electrons. The van der Waals surface area contributed by atoms with Crippen LogP contribution in [0.1, 0.15) is 10.5 Å². The van der Waals surface area contributed by atoms with Gasteiger partial charge in [0.15, 0.2) is 0 Å². The molecule has 0 bridgehead atoms. The third-order valence-corrected chi connectivity index (χ3v) is 4.90. The predicted molar refractivity (Wildman–Crippen MR) is 108 cm³/mol. The van der Waals surface area contributed by atoms with Crippen molar-refractivity contribution in [3.8, 4) is 0 Å². The molecule has 0 spiro atoms. The predicted octanol–water partition coefficient (Wildman–Crippen LogP) is 4.07. The second kappa shape index (κ2) is 8.26. The molecule has 1 aliphatic heterocycles. The molecule has 1 saturated heterocycles. The van der Waals surface area contributed by atoms with E-state index in [0.717, 1.165) is 0 Å². The highest BCUT2D eigenvalue weighted by atomic mass is 19.1. The Hall–Kier alpha value is -3.48. The van der Waals surface area contributed by atoms with Crippen LogP contribution >= 0.6 is 0 Å². The molecule has 1 aromatic heterocycles. The first kappa shape index (κ1) is 18.9. The summed E-state index contributed by atoms with van der Waals surface area (Å²) in [6.45, 7) is 2.09. The van der Waals surface area contributed by atoms with Crippen LogP contribution in [0.15, 0.2) is 66.9 Å². The van der Waals surface area contributed by atoms with E-state index >= 15 is 0 Å². The number of amides is 1. The molecule has 1 N–H and O–H groups in total. The fraction of sp³-hybridized carbons (Fsp3) is 0.182. The SMILES string of the molecule is O=C(c1ccc(Nc2ccccc2F)cn1)N1CCN(c2ccccc2F)CC1. The quantitative estimate of drug-likeness (QED) is 0.725. The molecular formula is C22H20F2N4O. The molecule has 0 aliphatic carbocycles. The summed E-state index contributed by atoms with van der Waals surface area (Å²) in [5.74, 6) is -0.789.